The molecule has 0 radical (unpaired) electrons. The van der Waals surface area contributed by atoms with Gasteiger partial charge < -0.3 is 10.1 Å². The summed E-state index contributed by atoms with van der Waals surface area (Å²) in [6.07, 6.45) is 0. The van der Waals surface area contributed by atoms with Crippen molar-refractivity contribution < 1.29 is 9.53 Å². The predicted octanol–water partition coefficient (Wildman–Crippen LogP) is 2.29. The molecular formula is C14H14BrN5O2. The lowest BCUT2D eigenvalue weighted by Crippen LogP contribution is -2.29. The number of nitrogens with zero attached hydrogens (tertiary/aromatic N) is 4. The molecule has 0 fully saturated rings. The second-order valence-electron chi connectivity index (χ2n) is 4.79. The number of hydrogen-bond acceptors (Lipinski definition) is 6. The molecule has 1 unspecified atom stereocenters. The zero-order valence-corrected chi connectivity index (χ0v) is 13.7. The van der Waals surface area contributed by atoms with Gasteiger partial charge in [0.2, 0.25) is 5.95 Å². The van der Waals surface area contributed by atoms with E-state index in [2.05, 4.69) is 36.8 Å². The molecule has 8 heteroatoms. The van der Waals surface area contributed by atoms with Gasteiger partial charge in [-0.3, -0.25) is 0 Å². The lowest BCUT2D eigenvalue weighted by molar-refractivity contribution is -0.139. The van der Waals surface area contributed by atoms with E-state index >= 15 is 0 Å². The summed E-state index contributed by atoms with van der Waals surface area (Å²) in [6.45, 7) is 3.90. The summed E-state index contributed by atoms with van der Waals surface area (Å²) in [5, 5.41) is 14.7. The van der Waals surface area contributed by atoms with Crippen molar-refractivity contribution in [2.24, 2.45) is 0 Å². The summed E-state index contributed by atoms with van der Waals surface area (Å²) in [5.74, 6) is 0.120. The van der Waals surface area contributed by atoms with Gasteiger partial charge in [0.15, 0.2) is 0 Å². The highest BCUT2D eigenvalue weighted by atomic mass is 79.9. The molecule has 22 heavy (non-hydrogen) atoms. The highest BCUT2D eigenvalue weighted by molar-refractivity contribution is 9.10. The van der Waals surface area contributed by atoms with Crippen LogP contribution < -0.4 is 5.32 Å². The number of carbonyl (C=O) groups excluding carboxylic acids is 1. The summed E-state index contributed by atoms with van der Waals surface area (Å²) < 4.78 is 7.69. The molecule has 1 aliphatic rings. The SMILES string of the molecule is CCOC(=O)C1=C(C)Nc2nnnn2C1c1cccc(Br)c1. The van der Waals surface area contributed by atoms with Crippen LogP contribution in [0.5, 0.6) is 0 Å². The molecule has 7 nitrogen and oxygen atoms in total. The molecule has 2 aromatic rings. The third kappa shape index (κ3) is 2.50. The van der Waals surface area contributed by atoms with Gasteiger partial charge in [-0.05, 0) is 42.0 Å². The van der Waals surface area contributed by atoms with Crippen LogP contribution in [0.2, 0.25) is 0 Å². The number of allylic oxidation sites excluding steroid dienone is 1. The van der Waals surface area contributed by atoms with E-state index in [9.17, 15) is 4.79 Å². The quantitative estimate of drug-likeness (QED) is 0.842. The molecule has 0 aliphatic carbocycles. The smallest absolute Gasteiger partial charge is 0.338 e. The average molecular weight is 364 g/mol. The molecule has 1 aromatic heterocycles. The Morgan fingerprint density at radius 3 is 3.05 bits per heavy atom. The largest absolute Gasteiger partial charge is 0.463 e. The molecule has 1 atom stereocenters. The zero-order valence-electron chi connectivity index (χ0n) is 12.1. The lowest BCUT2D eigenvalue weighted by Gasteiger charge is -2.27. The molecule has 0 bridgehead atoms. The number of fused-ring (bicyclic) bond motifs is 1. The first kappa shape index (κ1) is 14.7. The Balaban J connectivity index is 2.15. The second kappa shape index (κ2) is 5.88. The van der Waals surface area contributed by atoms with Crippen molar-refractivity contribution in [3.05, 3.63) is 45.6 Å². The summed E-state index contributed by atoms with van der Waals surface area (Å²) in [7, 11) is 0. The fourth-order valence-electron chi connectivity index (χ4n) is 2.47. The van der Waals surface area contributed by atoms with Crippen LogP contribution in [0.4, 0.5) is 5.95 Å². The third-order valence-electron chi connectivity index (χ3n) is 3.37. The molecule has 114 valence electrons. The predicted molar refractivity (Wildman–Crippen MR) is 83.1 cm³/mol. The number of ether oxygens (including phenoxy) is 1. The monoisotopic (exact) mass is 363 g/mol. The number of nitrogens with one attached hydrogen (secondary N) is 1. The Morgan fingerprint density at radius 1 is 1.50 bits per heavy atom. The van der Waals surface area contributed by atoms with Gasteiger partial charge in [-0.25, -0.2) is 4.79 Å². The number of halogens is 1. The lowest BCUT2D eigenvalue weighted by atomic mass is 9.96. The van der Waals surface area contributed by atoms with E-state index in [-0.39, 0.29) is 5.97 Å². The molecule has 2 heterocycles. The normalized spacial score (nSPS) is 17.0. The van der Waals surface area contributed by atoms with Crippen molar-refractivity contribution in [2.45, 2.75) is 19.9 Å². The number of carbonyl (C=O) groups is 1. The summed E-state index contributed by atoms with van der Waals surface area (Å²) in [6, 6.07) is 7.27. The number of hydrogen-bond donors (Lipinski definition) is 1. The van der Waals surface area contributed by atoms with Gasteiger partial charge in [0.05, 0.1) is 12.2 Å². The fraction of sp³-hybridized carbons (Fsp3) is 0.286. The standard InChI is InChI=1S/C14H14BrN5O2/c1-3-22-13(21)11-8(2)16-14-17-18-19-20(14)12(11)9-5-4-6-10(15)7-9/h4-7,12H,3H2,1-2H3,(H,16,17,19). The Kier molecular flexibility index (Phi) is 3.93. The highest BCUT2D eigenvalue weighted by Gasteiger charge is 2.34. The first-order valence-electron chi connectivity index (χ1n) is 6.80. The number of tetrazole rings is 1. The Hall–Kier alpha value is -2.22. The van der Waals surface area contributed by atoms with Crippen LogP contribution in [0.1, 0.15) is 25.5 Å². The third-order valence-corrected chi connectivity index (χ3v) is 3.87. The first-order valence-corrected chi connectivity index (χ1v) is 7.59. The van der Waals surface area contributed by atoms with E-state index in [0.29, 0.717) is 23.8 Å². The van der Waals surface area contributed by atoms with Crippen molar-refractivity contribution in [3.63, 3.8) is 0 Å². The number of esters is 1. The fourth-order valence-corrected chi connectivity index (χ4v) is 2.89. The van der Waals surface area contributed by atoms with Crippen molar-refractivity contribution in [1.82, 2.24) is 20.2 Å². The Morgan fingerprint density at radius 2 is 2.32 bits per heavy atom. The average Bonchev–Trinajstić information content (AvgIpc) is 2.93. The highest BCUT2D eigenvalue weighted by Crippen LogP contribution is 2.35. The second-order valence-corrected chi connectivity index (χ2v) is 5.70. The maximum atomic E-state index is 12.4. The van der Waals surface area contributed by atoms with Crippen molar-refractivity contribution in [3.8, 4) is 0 Å². The molecular weight excluding hydrogens is 350 g/mol. The van der Waals surface area contributed by atoms with Gasteiger partial charge in [0, 0.05) is 10.2 Å². The Bertz CT molecular complexity index is 755. The van der Waals surface area contributed by atoms with Gasteiger partial charge >= 0.3 is 5.97 Å². The van der Waals surface area contributed by atoms with Crippen molar-refractivity contribution in [2.75, 3.05) is 11.9 Å². The van der Waals surface area contributed by atoms with Crippen LogP contribution in [-0.2, 0) is 9.53 Å². The number of aromatic nitrogens is 4. The molecule has 0 saturated heterocycles. The van der Waals surface area contributed by atoms with E-state index in [1.807, 2.05) is 31.2 Å². The molecule has 0 saturated carbocycles. The summed E-state index contributed by atoms with van der Waals surface area (Å²) in [5.41, 5.74) is 2.08. The minimum atomic E-state index is -0.428. The van der Waals surface area contributed by atoms with Gasteiger partial charge in [0.1, 0.15) is 6.04 Å². The van der Waals surface area contributed by atoms with Crippen LogP contribution in [0.25, 0.3) is 0 Å². The van der Waals surface area contributed by atoms with E-state index < -0.39 is 6.04 Å². The number of rotatable bonds is 3. The molecule has 0 spiro atoms. The van der Waals surface area contributed by atoms with Crippen molar-refractivity contribution >= 4 is 27.8 Å². The topological polar surface area (TPSA) is 81.9 Å². The Labute approximate surface area is 135 Å². The minimum Gasteiger partial charge on any atom is -0.463 e. The van der Waals surface area contributed by atoms with Gasteiger partial charge in [-0.1, -0.05) is 33.2 Å². The summed E-state index contributed by atoms with van der Waals surface area (Å²) in [4.78, 5) is 12.4. The van der Waals surface area contributed by atoms with Crippen LogP contribution in [-0.4, -0.2) is 32.8 Å². The first-order chi connectivity index (χ1) is 10.6. The summed E-state index contributed by atoms with van der Waals surface area (Å²) >= 11 is 3.45. The number of benzene rings is 1. The molecule has 0 amide bonds. The van der Waals surface area contributed by atoms with Crippen LogP contribution in [0.15, 0.2) is 40.0 Å². The molecule has 1 aromatic carbocycles. The van der Waals surface area contributed by atoms with E-state index in [1.54, 1.807) is 11.6 Å². The van der Waals surface area contributed by atoms with Gasteiger partial charge in [-0.15, -0.1) is 0 Å². The molecule has 3 rings (SSSR count). The van der Waals surface area contributed by atoms with Gasteiger partial charge in [-0.2, -0.15) is 4.68 Å². The minimum absolute atomic E-state index is 0.309. The van der Waals surface area contributed by atoms with Crippen LogP contribution >= 0.6 is 15.9 Å². The van der Waals surface area contributed by atoms with Crippen LogP contribution in [0, 0.1) is 0 Å². The van der Waals surface area contributed by atoms with Gasteiger partial charge in [0.25, 0.3) is 0 Å². The maximum Gasteiger partial charge on any atom is 0.338 e. The van der Waals surface area contributed by atoms with E-state index in [4.69, 9.17) is 4.74 Å². The van der Waals surface area contributed by atoms with E-state index in [0.717, 1.165) is 10.0 Å². The molecule has 1 N–H and O–H groups in total. The van der Waals surface area contributed by atoms with Crippen LogP contribution in [0.3, 0.4) is 0 Å². The van der Waals surface area contributed by atoms with Crippen molar-refractivity contribution in [1.29, 1.82) is 0 Å². The molecule has 1 aliphatic heterocycles. The van der Waals surface area contributed by atoms with E-state index in [1.165, 1.54) is 0 Å². The number of anilines is 1. The maximum absolute atomic E-state index is 12.4. The zero-order chi connectivity index (χ0) is 15.7.